The molecule has 1 N–H and O–H groups in total. The summed E-state index contributed by atoms with van der Waals surface area (Å²) < 4.78 is 0. The van der Waals surface area contributed by atoms with Gasteiger partial charge in [0.25, 0.3) is 5.56 Å². The minimum absolute atomic E-state index is 0.102. The van der Waals surface area contributed by atoms with Crippen molar-refractivity contribution in [1.82, 2.24) is 9.97 Å². The maximum absolute atomic E-state index is 11.7. The summed E-state index contributed by atoms with van der Waals surface area (Å²) in [6.07, 6.45) is 1.77. The number of nitriles is 1. The highest BCUT2D eigenvalue weighted by Crippen LogP contribution is 2.25. The largest absolute Gasteiger partial charge is 0.301 e. The summed E-state index contributed by atoms with van der Waals surface area (Å²) in [5, 5.41) is 9.89. The quantitative estimate of drug-likeness (QED) is 0.516. The second-order valence-corrected chi connectivity index (χ2v) is 6.90. The summed E-state index contributed by atoms with van der Waals surface area (Å²) in [5.74, 6) is 0.721. The Morgan fingerprint density at radius 2 is 1.92 bits per heavy atom. The van der Waals surface area contributed by atoms with Crippen LogP contribution in [0, 0.1) is 11.3 Å². The van der Waals surface area contributed by atoms with E-state index in [1.54, 1.807) is 6.07 Å². The van der Waals surface area contributed by atoms with E-state index in [2.05, 4.69) is 23.0 Å². The van der Waals surface area contributed by atoms with Crippen molar-refractivity contribution in [3.8, 4) is 17.2 Å². The SMILES string of the molecule is CCCc1cc(=O)[nH]c(SCc2ccc(-c3ccccc3C#N)cc2)n1. The third kappa shape index (κ3) is 4.41. The maximum Gasteiger partial charge on any atom is 0.251 e. The number of rotatable bonds is 6. The molecule has 2 aromatic carbocycles. The zero-order valence-corrected chi connectivity index (χ0v) is 15.3. The van der Waals surface area contributed by atoms with Crippen molar-refractivity contribution >= 4 is 11.8 Å². The first-order valence-corrected chi connectivity index (χ1v) is 9.49. The normalized spacial score (nSPS) is 10.5. The van der Waals surface area contributed by atoms with Crippen molar-refractivity contribution in [2.45, 2.75) is 30.7 Å². The minimum atomic E-state index is -0.102. The van der Waals surface area contributed by atoms with E-state index in [9.17, 15) is 10.1 Å². The summed E-state index contributed by atoms with van der Waals surface area (Å²) in [6, 6.07) is 19.5. The van der Waals surface area contributed by atoms with Crippen LogP contribution in [0.5, 0.6) is 0 Å². The van der Waals surface area contributed by atoms with Gasteiger partial charge in [-0.25, -0.2) is 4.98 Å². The number of benzene rings is 2. The molecule has 1 heterocycles. The highest BCUT2D eigenvalue weighted by atomic mass is 32.2. The van der Waals surface area contributed by atoms with Gasteiger partial charge in [-0.1, -0.05) is 67.6 Å². The fourth-order valence-electron chi connectivity index (χ4n) is 2.70. The van der Waals surface area contributed by atoms with Gasteiger partial charge in [0, 0.05) is 17.5 Å². The van der Waals surface area contributed by atoms with Crippen LogP contribution in [0.2, 0.25) is 0 Å². The van der Waals surface area contributed by atoms with Crippen LogP contribution in [0.3, 0.4) is 0 Å². The number of nitrogens with zero attached hydrogens (tertiary/aromatic N) is 2. The summed E-state index contributed by atoms with van der Waals surface area (Å²) in [6.45, 7) is 2.07. The van der Waals surface area contributed by atoms with Gasteiger partial charge in [-0.3, -0.25) is 4.79 Å². The average molecular weight is 361 g/mol. The highest BCUT2D eigenvalue weighted by molar-refractivity contribution is 7.98. The van der Waals surface area contributed by atoms with Gasteiger partial charge in [-0.05, 0) is 29.2 Å². The first-order chi connectivity index (χ1) is 12.7. The van der Waals surface area contributed by atoms with Gasteiger partial charge in [0.05, 0.1) is 11.6 Å². The molecule has 0 saturated carbocycles. The van der Waals surface area contributed by atoms with Gasteiger partial charge in [-0.2, -0.15) is 5.26 Å². The molecular formula is C21H19N3OS. The molecule has 0 amide bonds. The van der Waals surface area contributed by atoms with Crippen LogP contribution in [0.25, 0.3) is 11.1 Å². The van der Waals surface area contributed by atoms with E-state index in [1.807, 2.05) is 48.5 Å². The number of hydrogen-bond donors (Lipinski definition) is 1. The van der Waals surface area contributed by atoms with E-state index in [1.165, 1.54) is 11.8 Å². The number of hydrogen-bond acceptors (Lipinski definition) is 4. The first kappa shape index (κ1) is 18.0. The second-order valence-electron chi connectivity index (χ2n) is 5.93. The number of nitrogens with one attached hydrogen (secondary N) is 1. The van der Waals surface area contributed by atoms with E-state index in [-0.39, 0.29) is 5.56 Å². The zero-order chi connectivity index (χ0) is 18.4. The molecule has 0 fully saturated rings. The maximum atomic E-state index is 11.7. The molecule has 0 spiro atoms. The Kier molecular flexibility index (Phi) is 5.88. The lowest BCUT2D eigenvalue weighted by atomic mass is 10.00. The van der Waals surface area contributed by atoms with Crippen molar-refractivity contribution in [3.63, 3.8) is 0 Å². The molecule has 0 aliphatic heterocycles. The molecule has 130 valence electrons. The summed E-state index contributed by atoms with van der Waals surface area (Å²) >= 11 is 1.52. The van der Waals surface area contributed by atoms with Gasteiger partial charge in [-0.15, -0.1) is 0 Å². The number of thioether (sulfide) groups is 1. The number of aryl methyl sites for hydroxylation is 1. The van der Waals surface area contributed by atoms with Crippen molar-refractivity contribution in [2.24, 2.45) is 0 Å². The summed E-state index contributed by atoms with van der Waals surface area (Å²) in [4.78, 5) is 19.0. The number of H-pyrrole nitrogens is 1. The average Bonchev–Trinajstić information content (AvgIpc) is 2.67. The van der Waals surface area contributed by atoms with Crippen molar-refractivity contribution in [3.05, 3.63) is 81.8 Å². The van der Waals surface area contributed by atoms with Gasteiger partial charge in [0.1, 0.15) is 0 Å². The monoisotopic (exact) mass is 361 g/mol. The van der Waals surface area contributed by atoms with E-state index < -0.39 is 0 Å². The van der Waals surface area contributed by atoms with Crippen LogP contribution < -0.4 is 5.56 Å². The van der Waals surface area contributed by atoms with E-state index in [0.29, 0.717) is 10.7 Å². The van der Waals surface area contributed by atoms with Crippen LogP contribution in [0.15, 0.2) is 64.5 Å². The summed E-state index contributed by atoms with van der Waals surface area (Å²) in [7, 11) is 0. The number of aromatic amines is 1. The molecule has 1 aromatic heterocycles. The molecule has 0 atom stereocenters. The predicted octanol–water partition coefficient (Wildman–Crippen LogP) is 4.55. The lowest BCUT2D eigenvalue weighted by Gasteiger charge is -2.06. The molecule has 0 saturated heterocycles. The molecule has 0 unspecified atom stereocenters. The molecule has 3 rings (SSSR count). The van der Waals surface area contributed by atoms with E-state index in [0.717, 1.165) is 41.0 Å². The van der Waals surface area contributed by atoms with Crippen LogP contribution in [0.4, 0.5) is 0 Å². The Labute approximate surface area is 156 Å². The van der Waals surface area contributed by atoms with Crippen LogP contribution in [-0.2, 0) is 12.2 Å². The minimum Gasteiger partial charge on any atom is -0.301 e. The molecule has 0 bridgehead atoms. The highest BCUT2D eigenvalue weighted by Gasteiger charge is 2.05. The van der Waals surface area contributed by atoms with E-state index >= 15 is 0 Å². The fourth-order valence-corrected chi connectivity index (χ4v) is 3.55. The first-order valence-electron chi connectivity index (χ1n) is 8.51. The predicted molar refractivity (Wildman–Crippen MR) is 105 cm³/mol. The Balaban J connectivity index is 1.72. The zero-order valence-electron chi connectivity index (χ0n) is 14.5. The molecule has 5 heteroatoms. The lowest BCUT2D eigenvalue weighted by molar-refractivity contribution is 0.816. The third-order valence-corrected chi connectivity index (χ3v) is 4.91. The smallest absolute Gasteiger partial charge is 0.251 e. The molecule has 26 heavy (non-hydrogen) atoms. The topological polar surface area (TPSA) is 69.5 Å². The van der Waals surface area contributed by atoms with Crippen LogP contribution >= 0.6 is 11.8 Å². The summed E-state index contributed by atoms with van der Waals surface area (Å²) in [5.41, 5.74) is 4.50. The van der Waals surface area contributed by atoms with Gasteiger partial charge in [0.15, 0.2) is 5.16 Å². The second kappa shape index (κ2) is 8.50. The Morgan fingerprint density at radius 1 is 1.15 bits per heavy atom. The van der Waals surface area contributed by atoms with Crippen molar-refractivity contribution in [1.29, 1.82) is 5.26 Å². The fraction of sp³-hybridized carbons (Fsp3) is 0.190. The molecular weight excluding hydrogens is 342 g/mol. The standard InChI is InChI=1S/C21H19N3OS/c1-2-5-18-12-20(25)24-21(23-18)26-14-15-8-10-16(11-9-15)19-7-4-3-6-17(19)13-22/h3-4,6-12H,2,5,14H2,1H3,(H,23,24,25). The molecule has 0 radical (unpaired) electrons. The van der Waals surface area contributed by atoms with Gasteiger partial charge in [0.2, 0.25) is 0 Å². The Bertz CT molecular complexity index is 987. The lowest BCUT2D eigenvalue weighted by Crippen LogP contribution is -2.09. The van der Waals surface area contributed by atoms with Gasteiger partial charge >= 0.3 is 0 Å². The molecule has 4 nitrogen and oxygen atoms in total. The van der Waals surface area contributed by atoms with Crippen molar-refractivity contribution < 1.29 is 0 Å². The Morgan fingerprint density at radius 3 is 2.65 bits per heavy atom. The van der Waals surface area contributed by atoms with Gasteiger partial charge < -0.3 is 4.98 Å². The van der Waals surface area contributed by atoms with Crippen molar-refractivity contribution in [2.75, 3.05) is 0 Å². The van der Waals surface area contributed by atoms with E-state index in [4.69, 9.17) is 0 Å². The molecule has 3 aromatic rings. The molecule has 0 aliphatic rings. The number of aromatic nitrogens is 2. The van der Waals surface area contributed by atoms with Crippen LogP contribution in [-0.4, -0.2) is 9.97 Å². The Hall–Kier alpha value is -2.84. The third-order valence-electron chi connectivity index (χ3n) is 3.97. The molecule has 0 aliphatic carbocycles. The van der Waals surface area contributed by atoms with Crippen LogP contribution in [0.1, 0.15) is 30.2 Å².